The van der Waals surface area contributed by atoms with Crippen molar-refractivity contribution >= 4 is 32.9 Å². The molecule has 0 aliphatic heterocycles. The fourth-order valence-electron chi connectivity index (χ4n) is 1.48. The van der Waals surface area contributed by atoms with Gasteiger partial charge in [0.1, 0.15) is 0 Å². The molecule has 0 N–H and O–H groups in total. The number of ether oxygens (including phenoxy) is 1. The minimum atomic E-state index is -0.474. The zero-order valence-corrected chi connectivity index (χ0v) is 9.69. The average Bonchev–Trinajstić information content (AvgIpc) is 2.71. The number of para-hydroxylation sites is 1. The van der Waals surface area contributed by atoms with Gasteiger partial charge in [0.25, 0.3) is 0 Å². The maximum Gasteiger partial charge on any atom is 0.434 e. The number of halogens is 1. The molecular weight excluding hydrogens is 260 g/mol. The molecule has 0 aliphatic rings. The molecule has 0 amide bonds. The summed E-state index contributed by atoms with van der Waals surface area (Å²) in [4.78, 5) is 11.4. The van der Waals surface area contributed by atoms with E-state index in [2.05, 4.69) is 25.8 Å². The van der Waals surface area contributed by atoms with Crippen LogP contribution in [0, 0.1) is 0 Å². The number of alkyl halides is 1. The number of rotatable bonds is 1. The van der Waals surface area contributed by atoms with Gasteiger partial charge in [-0.05, 0) is 5.56 Å². The molecule has 0 unspecified atom stereocenters. The smallest absolute Gasteiger partial charge is 0.434 e. The maximum atomic E-state index is 11.4. The Morgan fingerprint density at radius 1 is 1.60 bits per heavy atom. The van der Waals surface area contributed by atoms with E-state index in [9.17, 15) is 4.79 Å². The van der Waals surface area contributed by atoms with Gasteiger partial charge in [-0.25, -0.2) is 4.79 Å². The SMILES string of the molecule is COC(=O)n1ncc2cccc(CBr)c21. The first-order valence-electron chi connectivity index (χ1n) is 4.38. The fourth-order valence-corrected chi connectivity index (χ4v) is 1.94. The first kappa shape index (κ1) is 10.2. The van der Waals surface area contributed by atoms with Crippen molar-refractivity contribution in [3.05, 3.63) is 30.0 Å². The topological polar surface area (TPSA) is 44.1 Å². The van der Waals surface area contributed by atoms with Gasteiger partial charge in [0, 0.05) is 10.7 Å². The van der Waals surface area contributed by atoms with E-state index in [-0.39, 0.29) is 0 Å². The van der Waals surface area contributed by atoms with E-state index in [1.807, 2.05) is 18.2 Å². The van der Waals surface area contributed by atoms with E-state index < -0.39 is 6.09 Å². The Morgan fingerprint density at radius 3 is 3.07 bits per heavy atom. The highest BCUT2D eigenvalue weighted by Gasteiger charge is 2.12. The molecule has 0 saturated carbocycles. The summed E-state index contributed by atoms with van der Waals surface area (Å²) in [6.45, 7) is 0. The molecular formula is C10H9BrN2O2. The largest absolute Gasteiger partial charge is 0.451 e. The van der Waals surface area contributed by atoms with E-state index in [0.29, 0.717) is 5.33 Å². The number of hydrogen-bond acceptors (Lipinski definition) is 3. The molecule has 1 aromatic carbocycles. The molecule has 0 atom stereocenters. The maximum absolute atomic E-state index is 11.4. The molecule has 15 heavy (non-hydrogen) atoms. The summed E-state index contributed by atoms with van der Waals surface area (Å²) in [7, 11) is 1.34. The lowest BCUT2D eigenvalue weighted by atomic mass is 10.2. The molecule has 1 aromatic heterocycles. The standard InChI is InChI=1S/C10H9BrN2O2/c1-15-10(14)13-9-7(5-11)3-2-4-8(9)6-12-13/h2-4,6H,5H2,1H3. The lowest BCUT2D eigenvalue weighted by Crippen LogP contribution is -2.13. The molecule has 2 aromatic rings. The van der Waals surface area contributed by atoms with Crippen LogP contribution in [0.25, 0.3) is 10.9 Å². The Balaban J connectivity index is 2.71. The first-order chi connectivity index (χ1) is 7.27. The van der Waals surface area contributed by atoms with Crippen LogP contribution in [-0.2, 0) is 10.1 Å². The fraction of sp³-hybridized carbons (Fsp3) is 0.200. The van der Waals surface area contributed by atoms with Gasteiger partial charge < -0.3 is 4.74 Å². The van der Waals surface area contributed by atoms with Crippen LogP contribution in [0.1, 0.15) is 5.56 Å². The van der Waals surface area contributed by atoms with Crippen LogP contribution in [0.15, 0.2) is 24.4 Å². The molecule has 0 fully saturated rings. The molecule has 0 radical (unpaired) electrons. The predicted molar refractivity (Wildman–Crippen MR) is 60.2 cm³/mol. The second-order valence-electron chi connectivity index (χ2n) is 3.02. The third kappa shape index (κ3) is 1.63. The van der Waals surface area contributed by atoms with Crippen molar-refractivity contribution in [2.75, 3.05) is 7.11 Å². The van der Waals surface area contributed by atoms with E-state index >= 15 is 0 Å². The highest BCUT2D eigenvalue weighted by molar-refractivity contribution is 9.08. The van der Waals surface area contributed by atoms with Gasteiger partial charge >= 0.3 is 6.09 Å². The van der Waals surface area contributed by atoms with Crippen molar-refractivity contribution in [1.82, 2.24) is 9.78 Å². The van der Waals surface area contributed by atoms with Crippen LogP contribution in [0.4, 0.5) is 4.79 Å². The van der Waals surface area contributed by atoms with Gasteiger partial charge in [-0.3, -0.25) is 0 Å². The summed E-state index contributed by atoms with van der Waals surface area (Å²) in [5.41, 5.74) is 1.80. The Labute approximate surface area is 95.0 Å². The molecule has 0 spiro atoms. The van der Waals surface area contributed by atoms with Gasteiger partial charge in [0.15, 0.2) is 0 Å². The monoisotopic (exact) mass is 268 g/mol. The lowest BCUT2D eigenvalue weighted by molar-refractivity contribution is 0.170. The zero-order valence-electron chi connectivity index (χ0n) is 8.11. The molecule has 0 aliphatic carbocycles. The zero-order chi connectivity index (χ0) is 10.8. The van der Waals surface area contributed by atoms with Crippen LogP contribution in [0.2, 0.25) is 0 Å². The van der Waals surface area contributed by atoms with Crippen molar-refractivity contribution in [2.45, 2.75) is 5.33 Å². The molecule has 2 rings (SSSR count). The van der Waals surface area contributed by atoms with Crippen LogP contribution in [0.3, 0.4) is 0 Å². The van der Waals surface area contributed by atoms with Crippen molar-refractivity contribution in [3.8, 4) is 0 Å². The summed E-state index contributed by atoms with van der Waals surface area (Å²) >= 11 is 3.38. The van der Waals surface area contributed by atoms with Crippen molar-refractivity contribution in [2.24, 2.45) is 0 Å². The lowest BCUT2D eigenvalue weighted by Gasteiger charge is -2.03. The molecule has 1 heterocycles. The quantitative estimate of drug-likeness (QED) is 0.747. The number of carbonyl (C=O) groups is 1. The number of carbonyl (C=O) groups excluding carboxylic acids is 1. The van der Waals surface area contributed by atoms with Gasteiger partial charge in [0.05, 0.1) is 18.8 Å². The molecule has 0 bridgehead atoms. The minimum Gasteiger partial charge on any atom is -0.451 e. The Kier molecular flexibility index (Phi) is 2.73. The van der Waals surface area contributed by atoms with Crippen LogP contribution >= 0.6 is 15.9 Å². The number of hydrogen-bond donors (Lipinski definition) is 0. The minimum absolute atomic E-state index is 0.474. The number of benzene rings is 1. The predicted octanol–water partition coefficient (Wildman–Crippen LogP) is 2.55. The van der Waals surface area contributed by atoms with Crippen molar-refractivity contribution in [3.63, 3.8) is 0 Å². The Bertz CT molecular complexity index is 507. The highest BCUT2D eigenvalue weighted by atomic mass is 79.9. The van der Waals surface area contributed by atoms with Crippen LogP contribution in [0.5, 0.6) is 0 Å². The number of aromatic nitrogens is 2. The van der Waals surface area contributed by atoms with Crippen LogP contribution < -0.4 is 0 Å². The van der Waals surface area contributed by atoms with Gasteiger partial charge in [-0.15, -0.1) is 0 Å². The van der Waals surface area contributed by atoms with Gasteiger partial charge in [0.2, 0.25) is 0 Å². The first-order valence-corrected chi connectivity index (χ1v) is 5.50. The second kappa shape index (κ2) is 4.02. The number of methoxy groups -OCH3 is 1. The number of nitrogens with zero attached hydrogens (tertiary/aromatic N) is 2. The summed E-state index contributed by atoms with van der Waals surface area (Å²) in [6.07, 6.45) is 1.18. The Morgan fingerprint density at radius 2 is 2.40 bits per heavy atom. The molecule has 4 nitrogen and oxygen atoms in total. The Hall–Kier alpha value is -1.36. The van der Waals surface area contributed by atoms with E-state index in [1.54, 1.807) is 6.20 Å². The van der Waals surface area contributed by atoms with E-state index in [4.69, 9.17) is 0 Å². The van der Waals surface area contributed by atoms with Crippen LogP contribution in [-0.4, -0.2) is 23.0 Å². The average molecular weight is 269 g/mol. The molecule has 5 heteroatoms. The highest BCUT2D eigenvalue weighted by Crippen LogP contribution is 2.20. The number of fused-ring (bicyclic) bond motifs is 1. The van der Waals surface area contributed by atoms with Crippen molar-refractivity contribution < 1.29 is 9.53 Å². The van der Waals surface area contributed by atoms with E-state index in [0.717, 1.165) is 16.5 Å². The normalized spacial score (nSPS) is 10.5. The van der Waals surface area contributed by atoms with Crippen molar-refractivity contribution in [1.29, 1.82) is 0 Å². The molecule has 78 valence electrons. The van der Waals surface area contributed by atoms with Gasteiger partial charge in [-0.1, -0.05) is 34.1 Å². The summed E-state index contributed by atoms with van der Waals surface area (Å²) < 4.78 is 5.92. The summed E-state index contributed by atoms with van der Waals surface area (Å²) in [6, 6.07) is 5.79. The third-order valence-electron chi connectivity index (χ3n) is 2.17. The van der Waals surface area contributed by atoms with E-state index in [1.165, 1.54) is 11.8 Å². The molecule has 0 saturated heterocycles. The van der Waals surface area contributed by atoms with Gasteiger partial charge in [-0.2, -0.15) is 9.78 Å². The third-order valence-corrected chi connectivity index (χ3v) is 2.77. The summed E-state index contributed by atoms with van der Waals surface area (Å²) in [5, 5.41) is 5.60. The second-order valence-corrected chi connectivity index (χ2v) is 3.58. The summed E-state index contributed by atoms with van der Waals surface area (Å²) in [5.74, 6) is 0.